The first kappa shape index (κ1) is 18.9. The van der Waals surface area contributed by atoms with Crippen molar-refractivity contribution in [1.29, 1.82) is 0 Å². The average Bonchev–Trinajstić information content (AvgIpc) is 2.54. The minimum Gasteiger partial charge on any atom is -0.394 e. The SMILES string of the molecule is CC1OC(CO[C@@H]2OC(CO)[C@H](O)C(O)C2O)[C@@H](O)C(O)C1O. The fourth-order valence-corrected chi connectivity index (χ4v) is 2.67. The number of hydrogen-bond acceptors (Lipinski definition) is 10. The molecule has 0 saturated carbocycles. The molecule has 7 N–H and O–H groups in total. The Hall–Kier alpha value is -0.400. The molecular formula is C13H24O10. The second-order valence-electron chi connectivity index (χ2n) is 5.88. The Kier molecular flexibility index (Phi) is 6.30. The van der Waals surface area contributed by atoms with Gasteiger partial charge in [-0.25, -0.2) is 0 Å². The van der Waals surface area contributed by atoms with Crippen LogP contribution in [0.2, 0.25) is 0 Å². The van der Waals surface area contributed by atoms with Gasteiger partial charge in [-0.1, -0.05) is 0 Å². The molecule has 2 aliphatic heterocycles. The van der Waals surface area contributed by atoms with Crippen LogP contribution in [-0.2, 0) is 14.2 Å². The highest BCUT2D eigenvalue weighted by atomic mass is 16.7. The summed E-state index contributed by atoms with van der Waals surface area (Å²) < 4.78 is 15.7. The smallest absolute Gasteiger partial charge is 0.186 e. The van der Waals surface area contributed by atoms with Crippen molar-refractivity contribution < 1.29 is 50.0 Å². The molecule has 0 amide bonds. The molecule has 2 heterocycles. The van der Waals surface area contributed by atoms with Crippen molar-refractivity contribution in [3.63, 3.8) is 0 Å². The van der Waals surface area contributed by atoms with Crippen LogP contribution in [0.3, 0.4) is 0 Å². The van der Waals surface area contributed by atoms with Crippen molar-refractivity contribution in [2.75, 3.05) is 13.2 Å². The van der Waals surface area contributed by atoms with Crippen LogP contribution in [0.15, 0.2) is 0 Å². The van der Waals surface area contributed by atoms with Crippen molar-refractivity contribution in [2.45, 2.75) is 68.1 Å². The molecule has 2 saturated heterocycles. The van der Waals surface area contributed by atoms with Gasteiger partial charge in [0.25, 0.3) is 0 Å². The highest BCUT2D eigenvalue weighted by Gasteiger charge is 2.46. The summed E-state index contributed by atoms with van der Waals surface area (Å²) in [4.78, 5) is 0. The first-order chi connectivity index (χ1) is 10.8. The molecule has 10 heteroatoms. The normalized spacial score (nSPS) is 51.7. The number of ether oxygens (including phenoxy) is 3. The van der Waals surface area contributed by atoms with Crippen molar-refractivity contribution in [1.82, 2.24) is 0 Å². The number of rotatable bonds is 4. The van der Waals surface area contributed by atoms with Crippen LogP contribution in [-0.4, -0.2) is 110 Å². The predicted molar refractivity (Wildman–Crippen MR) is 72.1 cm³/mol. The van der Waals surface area contributed by atoms with Gasteiger partial charge >= 0.3 is 0 Å². The van der Waals surface area contributed by atoms with Crippen LogP contribution in [0.4, 0.5) is 0 Å². The first-order valence-electron chi connectivity index (χ1n) is 7.39. The Morgan fingerprint density at radius 3 is 1.91 bits per heavy atom. The van der Waals surface area contributed by atoms with Gasteiger partial charge in [0.15, 0.2) is 6.29 Å². The minimum absolute atomic E-state index is 0.308. The molecule has 0 spiro atoms. The third-order valence-corrected chi connectivity index (χ3v) is 4.22. The predicted octanol–water partition coefficient (Wildman–Crippen LogP) is -4.33. The Morgan fingerprint density at radius 2 is 1.30 bits per heavy atom. The molecule has 0 aromatic heterocycles. The van der Waals surface area contributed by atoms with Gasteiger partial charge in [0.2, 0.25) is 0 Å². The summed E-state index contributed by atoms with van der Waals surface area (Å²) in [5.74, 6) is 0. The molecule has 7 unspecified atom stereocenters. The lowest BCUT2D eigenvalue weighted by Gasteiger charge is -2.42. The van der Waals surface area contributed by atoms with E-state index < -0.39 is 67.8 Å². The second-order valence-corrected chi connectivity index (χ2v) is 5.88. The van der Waals surface area contributed by atoms with Gasteiger partial charge in [-0.15, -0.1) is 0 Å². The standard InChI is InChI=1S/C13H24O10/c1-4-7(15)10(18)9(17)6(22-4)3-21-13-12(20)11(19)8(16)5(2-14)23-13/h4-20H,2-3H2,1H3/t4?,5?,6?,7?,8-,9+,10?,11?,12?,13+/m0/s1. The summed E-state index contributed by atoms with van der Waals surface area (Å²) in [7, 11) is 0. The zero-order valence-electron chi connectivity index (χ0n) is 12.5. The summed E-state index contributed by atoms with van der Waals surface area (Å²) in [5, 5.41) is 67.4. The maximum absolute atomic E-state index is 9.87. The molecule has 136 valence electrons. The quantitative estimate of drug-likeness (QED) is 0.265. The summed E-state index contributed by atoms with van der Waals surface area (Å²) in [6.07, 6.45) is -12.9. The topological polar surface area (TPSA) is 169 Å². The van der Waals surface area contributed by atoms with Gasteiger partial charge in [-0.3, -0.25) is 0 Å². The van der Waals surface area contributed by atoms with Gasteiger partial charge in [-0.2, -0.15) is 0 Å². The minimum atomic E-state index is -1.57. The van der Waals surface area contributed by atoms with Crippen LogP contribution in [0.1, 0.15) is 6.92 Å². The van der Waals surface area contributed by atoms with E-state index in [1.54, 1.807) is 0 Å². The van der Waals surface area contributed by atoms with Crippen LogP contribution in [0, 0.1) is 0 Å². The lowest BCUT2D eigenvalue weighted by Crippen LogP contribution is -2.61. The molecule has 2 fully saturated rings. The fourth-order valence-electron chi connectivity index (χ4n) is 2.67. The highest BCUT2D eigenvalue weighted by Crippen LogP contribution is 2.25. The third kappa shape index (κ3) is 3.82. The summed E-state index contributed by atoms with van der Waals surface area (Å²) in [5.41, 5.74) is 0. The molecule has 0 radical (unpaired) electrons. The van der Waals surface area contributed by atoms with E-state index >= 15 is 0 Å². The van der Waals surface area contributed by atoms with Gasteiger partial charge in [0.1, 0.15) is 48.8 Å². The Bertz CT molecular complexity index is 380. The van der Waals surface area contributed by atoms with E-state index in [4.69, 9.17) is 19.3 Å². The fraction of sp³-hybridized carbons (Fsp3) is 1.00. The van der Waals surface area contributed by atoms with Crippen LogP contribution in [0.25, 0.3) is 0 Å². The third-order valence-electron chi connectivity index (χ3n) is 4.22. The van der Waals surface area contributed by atoms with E-state index in [0.29, 0.717) is 0 Å². The maximum Gasteiger partial charge on any atom is 0.186 e. The Balaban J connectivity index is 1.94. The molecule has 10 atom stereocenters. The zero-order valence-corrected chi connectivity index (χ0v) is 12.5. The van der Waals surface area contributed by atoms with Crippen molar-refractivity contribution in [3.05, 3.63) is 0 Å². The monoisotopic (exact) mass is 340 g/mol. The lowest BCUT2D eigenvalue weighted by atomic mass is 9.96. The molecule has 2 rings (SSSR count). The van der Waals surface area contributed by atoms with Gasteiger partial charge in [0.05, 0.1) is 19.3 Å². The molecule has 23 heavy (non-hydrogen) atoms. The number of aliphatic hydroxyl groups is 7. The maximum atomic E-state index is 9.87. The van der Waals surface area contributed by atoms with E-state index in [-0.39, 0.29) is 6.61 Å². The van der Waals surface area contributed by atoms with E-state index in [0.717, 1.165) is 0 Å². The van der Waals surface area contributed by atoms with Crippen molar-refractivity contribution in [3.8, 4) is 0 Å². The van der Waals surface area contributed by atoms with E-state index in [2.05, 4.69) is 0 Å². The van der Waals surface area contributed by atoms with Gasteiger partial charge in [-0.05, 0) is 6.92 Å². The van der Waals surface area contributed by atoms with E-state index in [1.165, 1.54) is 6.92 Å². The average molecular weight is 340 g/mol. The molecule has 2 aliphatic rings. The Morgan fingerprint density at radius 1 is 0.739 bits per heavy atom. The molecule has 10 nitrogen and oxygen atoms in total. The van der Waals surface area contributed by atoms with Crippen LogP contribution >= 0.6 is 0 Å². The zero-order chi connectivity index (χ0) is 17.3. The lowest BCUT2D eigenvalue weighted by molar-refractivity contribution is -0.313. The van der Waals surface area contributed by atoms with Crippen molar-refractivity contribution >= 4 is 0 Å². The summed E-state index contributed by atoms with van der Waals surface area (Å²) >= 11 is 0. The number of hydrogen-bond donors (Lipinski definition) is 7. The van der Waals surface area contributed by atoms with E-state index in [9.17, 15) is 30.6 Å². The van der Waals surface area contributed by atoms with Gasteiger partial charge < -0.3 is 50.0 Å². The largest absolute Gasteiger partial charge is 0.394 e. The van der Waals surface area contributed by atoms with Crippen LogP contribution < -0.4 is 0 Å². The Labute approximate surface area is 132 Å². The molecule has 0 aromatic rings. The second kappa shape index (κ2) is 7.66. The summed E-state index contributed by atoms with van der Waals surface area (Å²) in [6, 6.07) is 0. The van der Waals surface area contributed by atoms with Crippen molar-refractivity contribution in [2.24, 2.45) is 0 Å². The molecule has 0 aromatic carbocycles. The molecular weight excluding hydrogens is 316 g/mol. The van der Waals surface area contributed by atoms with Gasteiger partial charge in [0, 0.05) is 0 Å². The summed E-state index contributed by atoms with van der Waals surface area (Å²) in [6.45, 7) is 0.619. The van der Waals surface area contributed by atoms with Crippen LogP contribution in [0.5, 0.6) is 0 Å². The van der Waals surface area contributed by atoms with E-state index in [1.807, 2.05) is 0 Å². The number of aliphatic hydroxyl groups excluding tert-OH is 7. The molecule has 0 aliphatic carbocycles. The first-order valence-corrected chi connectivity index (χ1v) is 7.39. The highest BCUT2D eigenvalue weighted by molar-refractivity contribution is 4.92. The molecule has 0 bridgehead atoms.